The van der Waals surface area contributed by atoms with Crippen molar-refractivity contribution in [3.05, 3.63) is 65.2 Å². The van der Waals surface area contributed by atoms with Gasteiger partial charge in [0, 0.05) is 11.6 Å². The van der Waals surface area contributed by atoms with E-state index >= 15 is 0 Å². The molecule has 0 spiro atoms. The Hall–Kier alpha value is -1.98. The monoisotopic (exact) mass is 292 g/mol. The summed E-state index contributed by atoms with van der Waals surface area (Å²) < 4.78 is 32.5. The molecule has 3 N–H and O–H groups in total. The molecular weight excluding hydrogens is 274 g/mol. The van der Waals surface area contributed by atoms with Crippen molar-refractivity contribution in [2.75, 3.05) is 6.61 Å². The molecule has 2 aromatic carbocycles. The van der Waals surface area contributed by atoms with Crippen LogP contribution in [-0.2, 0) is 0 Å². The Balaban J connectivity index is 2.32. The molecule has 112 valence electrons. The number of hydrogen-bond donors (Lipinski definition) is 2. The van der Waals surface area contributed by atoms with E-state index in [1.54, 1.807) is 6.07 Å². The van der Waals surface area contributed by atoms with Crippen molar-refractivity contribution in [3.63, 3.8) is 0 Å². The number of rotatable bonds is 6. The molecule has 0 aliphatic heterocycles. The van der Waals surface area contributed by atoms with Crippen molar-refractivity contribution >= 4 is 0 Å². The minimum Gasteiger partial charge on any atom is -0.494 e. The highest BCUT2D eigenvalue weighted by Gasteiger charge is 2.17. The molecule has 3 nitrogen and oxygen atoms in total. The summed E-state index contributed by atoms with van der Waals surface area (Å²) in [4.78, 5) is 0. The predicted octanol–water partition coefficient (Wildman–Crippen LogP) is 3.31. The lowest BCUT2D eigenvalue weighted by Gasteiger charge is -2.18. The second-order valence-corrected chi connectivity index (χ2v) is 4.69. The highest BCUT2D eigenvalue weighted by atomic mass is 19.1. The van der Waals surface area contributed by atoms with Gasteiger partial charge in [-0.25, -0.2) is 14.2 Å². The molecule has 0 saturated heterocycles. The molecule has 5 heteroatoms. The molecular formula is C16H18F2N2O. The first-order valence-electron chi connectivity index (χ1n) is 6.79. The number of ether oxygens (including phenoxy) is 1. The van der Waals surface area contributed by atoms with Gasteiger partial charge in [0.1, 0.15) is 17.4 Å². The molecule has 1 atom stereocenters. The Morgan fingerprint density at radius 2 is 2.00 bits per heavy atom. The topological polar surface area (TPSA) is 47.3 Å². The highest BCUT2D eigenvalue weighted by molar-refractivity contribution is 5.37. The van der Waals surface area contributed by atoms with Crippen LogP contribution < -0.4 is 16.0 Å². The van der Waals surface area contributed by atoms with Crippen LogP contribution in [0.3, 0.4) is 0 Å². The molecule has 0 amide bonds. The minimum absolute atomic E-state index is 0.284. The van der Waals surface area contributed by atoms with Crippen molar-refractivity contribution in [1.29, 1.82) is 0 Å². The maximum atomic E-state index is 13.9. The van der Waals surface area contributed by atoms with Gasteiger partial charge in [0.25, 0.3) is 0 Å². The zero-order valence-corrected chi connectivity index (χ0v) is 11.8. The molecule has 0 radical (unpaired) electrons. The summed E-state index contributed by atoms with van der Waals surface area (Å²) in [5.41, 5.74) is 3.59. The molecule has 0 aliphatic rings. The van der Waals surface area contributed by atoms with E-state index in [-0.39, 0.29) is 5.56 Å². The van der Waals surface area contributed by atoms with Gasteiger partial charge in [-0.05, 0) is 30.2 Å². The van der Waals surface area contributed by atoms with Gasteiger partial charge < -0.3 is 4.74 Å². The number of benzene rings is 2. The number of nitrogens with one attached hydrogen (secondary N) is 1. The Kier molecular flexibility index (Phi) is 5.25. The van der Waals surface area contributed by atoms with Gasteiger partial charge in [-0.1, -0.05) is 25.1 Å². The van der Waals surface area contributed by atoms with Crippen molar-refractivity contribution in [3.8, 4) is 5.75 Å². The van der Waals surface area contributed by atoms with Crippen LogP contribution in [0.25, 0.3) is 0 Å². The zero-order valence-electron chi connectivity index (χ0n) is 11.8. The van der Waals surface area contributed by atoms with Crippen molar-refractivity contribution in [2.45, 2.75) is 19.4 Å². The molecule has 0 saturated carbocycles. The quantitative estimate of drug-likeness (QED) is 0.634. The Morgan fingerprint density at radius 1 is 1.19 bits per heavy atom. The van der Waals surface area contributed by atoms with Crippen LogP contribution in [0.15, 0.2) is 42.5 Å². The second kappa shape index (κ2) is 7.15. The van der Waals surface area contributed by atoms with Crippen LogP contribution in [0.2, 0.25) is 0 Å². The molecule has 1 unspecified atom stereocenters. The Labute approximate surface area is 122 Å². The van der Waals surface area contributed by atoms with Crippen LogP contribution in [0, 0.1) is 11.6 Å². The van der Waals surface area contributed by atoms with Crippen molar-refractivity contribution < 1.29 is 13.5 Å². The molecule has 0 fully saturated rings. The third-order valence-electron chi connectivity index (χ3n) is 3.10. The van der Waals surface area contributed by atoms with Crippen LogP contribution in [0.5, 0.6) is 5.75 Å². The second-order valence-electron chi connectivity index (χ2n) is 4.69. The maximum Gasteiger partial charge on any atom is 0.131 e. The lowest BCUT2D eigenvalue weighted by molar-refractivity contribution is 0.317. The van der Waals surface area contributed by atoms with Crippen LogP contribution in [0.1, 0.15) is 30.5 Å². The summed E-state index contributed by atoms with van der Waals surface area (Å²) in [6.45, 7) is 2.62. The standard InChI is InChI=1S/C16H18F2N2O/c1-2-8-21-13-5-3-4-11(9-13)16(20-19)14-7-6-12(17)10-15(14)18/h3-7,9-10,16,20H,2,8,19H2,1H3. The van der Waals surface area contributed by atoms with E-state index in [2.05, 4.69) is 5.43 Å². The van der Waals surface area contributed by atoms with Crippen LogP contribution >= 0.6 is 0 Å². The number of nitrogens with two attached hydrogens (primary N) is 1. The van der Waals surface area contributed by atoms with E-state index in [0.29, 0.717) is 12.4 Å². The average molecular weight is 292 g/mol. The van der Waals surface area contributed by atoms with Gasteiger partial charge in [0.2, 0.25) is 0 Å². The van der Waals surface area contributed by atoms with Gasteiger partial charge in [0.05, 0.1) is 12.6 Å². The summed E-state index contributed by atoms with van der Waals surface area (Å²) in [5, 5.41) is 0. The van der Waals surface area contributed by atoms with Gasteiger partial charge in [0.15, 0.2) is 0 Å². The molecule has 0 heterocycles. The number of hydrogen-bond acceptors (Lipinski definition) is 3. The number of hydrazine groups is 1. The fraction of sp³-hybridized carbons (Fsp3) is 0.250. The molecule has 2 aromatic rings. The van der Waals surface area contributed by atoms with Crippen LogP contribution in [0.4, 0.5) is 8.78 Å². The highest BCUT2D eigenvalue weighted by Crippen LogP contribution is 2.27. The molecule has 0 aromatic heterocycles. The average Bonchev–Trinajstić information content (AvgIpc) is 2.48. The van der Waals surface area contributed by atoms with Gasteiger partial charge in [-0.15, -0.1) is 0 Å². The lowest BCUT2D eigenvalue weighted by Crippen LogP contribution is -2.29. The summed E-state index contributed by atoms with van der Waals surface area (Å²) in [7, 11) is 0. The van der Waals surface area contributed by atoms with E-state index in [1.807, 2.05) is 25.1 Å². The van der Waals surface area contributed by atoms with E-state index in [1.165, 1.54) is 12.1 Å². The third-order valence-corrected chi connectivity index (χ3v) is 3.10. The van der Waals surface area contributed by atoms with E-state index in [9.17, 15) is 8.78 Å². The van der Waals surface area contributed by atoms with Crippen molar-refractivity contribution in [1.82, 2.24) is 5.43 Å². The normalized spacial score (nSPS) is 12.2. The predicted molar refractivity (Wildman–Crippen MR) is 77.8 cm³/mol. The maximum absolute atomic E-state index is 13.9. The first-order chi connectivity index (χ1) is 10.2. The van der Waals surface area contributed by atoms with Crippen LogP contribution in [-0.4, -0.2) is 6.61 Å². The summed E-state index contributed by atoms with van der Waals surface area (Å²) in [5.74, 6) is 4.98. The SMILES string of the molecule is CCCOc1cccc(C(NN)c2ccc(F)cc2F)c1. The fourth-order valence-corrected chi connectivity index (χ4v) is 2.10. The minimum atomic E-state index is -0.641. The van der Waals surface area contributed by atoms with Gasteiger partial charge in [-0.2, -0.15) is 0 Å². The summed E-state index contributed by atoms with van der Waals surface area (Å²) in [6, 6.07) is 10.1. The van der Waals surface area contributed by atoms with Crippen molar-refractivity contribution in [2.24, 2.45) is 5.84 Å². The largest absolute Gasteiger partial charge is 0.494 e. The van der Waals surface area contributed by atoms with E-state index in [4.69, 9.17) is 10.6 Å². The smallest absolute Gasteiger partial charge is 0.131 e. The van der Waals surface area contributed by atoms with Gasteiger partial charge >= 0.3 is 0 Å². The fourth-order valence-electron chi connectivity index (χ4n) is 2.10. The Morgan fingerprint density at radius 3 is 2.67 bits per heavy atom. The first kappa shape index (κ1) is 15.4. The molecule has 21 heavy (non-hydrogen) atoms. The zero-order chi connectivity index (χ0) is 15.2. The van der Waals surface area contributed by atoms with Gasteiger partial charge in [-0.3, -0.25) is 5.84 Å². The molecule has 2 rings (SSSR count). The number of halogens is 2. The third kappa shape index (κ3) is 3.77. The van der Waals surface area contributed by atoms with E-state index in [0.717, 1.165) is 18.1 Å². The molecule has 0 bridgehead atoms. The van der Waals surface area contributed by atoms with E-state index < -0.39 is 17.7 Å². The summed E-state index contributed by atoms with van der Waals surface area (Å²) >= 11 is 0. The first-order valence-corrected chi connectivity index (χ1v) is 6.79. The molecule has 0 aliphatic carbocycles. The summed E-state index contributed by atoms with van der Waals surface area (Å²) in [6.07, 6.45) is 0.898. The Bertz CT molecular complexity index is 605. The lowest BCUT2D eigenvalue weighted by atomic mass is 9.98.